The lowest BCUT2D eigenvalue weighted by atomic mass is 9.97. The average molecular weight is 461 g/mol. The lowest BCUT2D eigenvalue weighted by molar-refractivity contribution is -0.120. The fraction of sp³-hybridized carbons (Fsp3) is 0.304. The van der Waals surface area contributed by atoms with Crippen LogP contribution in [0.2, 0.25) is 0 Å². The number of hydrogen-bond acceptors (Lipinski definition) is 8. The topological polar surface area (TPSA) is 102 Å². The van der Waals surface area contributed by atoms with Crippen LogP contribution in [-0.2, 0) is 4.79 Å². The minimum Gasteiger partial charge on any atom is -0.354 e. The second kappa shape index (κ2) is 9.07. The highest BCUT2D eigenvalue weighted by Crippen LogP contribution is 2.27. The van der Waals surface area contributed by atoms with Crippen molar-refractivity contribution in [1.82, 2.24) is 29.9 Å². The number of piperidine rings is 1. The van der Waals surface area contributed by atoms with E-state index in [-0.39, 0.29) is 11.8 Å². The van der Waals surface area contributed by atoms with Crippen molar-refractivity contribution in [3.63, 3.8) is 0 Å². The summed E-state index contributed by atoms with van der Waals surface area (Å²) in [5.74, 6) is 1.30. The monoisotopic (exact) mass is 460 g/mol. The Morgan fingerprint density at radius 1 is 1.18 bits per heavy atom. The molecule has 1 aliphatic heterocycles. The molecule has 0 bridgehead atoms. The number of nitrogens with zero attached hydrogens (tertiary/aromatic N) is 7. The Morgan fingerprint density at radius 2 is 2.03 bits per heavy atom. The third-order valence-corrected chi connectivity index (χ3v) is 6.43. The molecule has 9 nitrogen and oxygen atoms in total. The lowest BCUT2D eigenvalue weighted by Gasteiger charge is -2.32. The van der Waals surface area contributed by atoms with Crippen LogP contribution in [0, 0.1) is 19.8 Å². The van der Waals surface area contributed by atoms with Crippen LogP contribution in [-0.4, -0.2) is 48.9 Å². The van der Waals surface area contributed by atoms with Crippen LogP contribution in [0.5, 0.6) is 0 Å². The summed E-state index contributed by atoms with van der Waals surface area (Å²) in [5.41, 5.74) is 3.70. The van der Waals surface area contributed by atoms with Crippen LogP contribution < -0.4 is 10.2 Å². The number of amides is 1. The van der Waals surface area contributed by atoms with Crippen molar-refractivity contribution in [3.8, 4) is 17.1 Å². The molecule has 4 aromatic heterocycles. The molecule has 4 aromatic rings. The summed E-state index contributed by atoms with van der Waals surface area (Å²) >= 11 is 1.42. The van der Waals surface area contributed by atoms with Gasteiger partial charge in [0.05, 0.1) is 17.3 Å². The van der Waals surface area contributed by atoms with E-state index >= 15 is 0 Å². The Balaban J connectivity index is 1.24. The molecule has 0 spiro atoms. The summed E-state index contributed by atoms with van der Waals surface area (Å²) < 4.78 is 1.78. The van der Waals surface area contributed by atoms with Gasteiger partial charge in [-0.1, -0.05) is 0 Å². The van der Waals surface area contributed by atoms with E-state index in [9.17, 15) is 4.79 Å². The standard InChI is InChI=1S/C23H24N8OS/c1-15-11-16(2)31(29-15)21-8-7-20(27-28-21)30-10-4-6-18(13-30)22(32)26-23-25-19(14-33-23)17-5-3-9-24-12-17/h3,5,7-9,11-12,14,18H,4,6,10,13H2,1-2H3,(H,25,26,32). The van der Waals surface area contributed by atoms with Crippen molar-refractivity contribution in [2.45, 2.75) is 26.7 Å². The van der Waals surface area contributed by atoms with Crippen molar-refractivity contribution in [3.05, 3.63) is 59.5 Å². The Bertz CT molecular complexity index is 1250. The number of nitrogens with one attached hydrogen (secondary N) is 1. The van der Waals surface area contributed by atoms with E-state index in [2.05, 4.69) is 35.5 Å². The zero-order valence-electron chi connectivity index (χ0n) is 18.5. The fourth-order valence-electron chi connectivity index (χ4n) is 4.05. The number of carbonyl (C=O) groups excluding carboxylic acids is 1. The van der Waals surface area contributed by atoms with Crippen molar-refractivity contribution >= 4 is 28.2 Å². The zero-order chi connectivity index (χ0) is 22.8. The number of rotatable bonds is 5. The van der Waals surface area contributed by atoms with Crippen LogP contribution in [0.3, 0.4) is 0 Å². The molecule has 1 saturated heterocycles. The van der Waals surface area contributed by atoms with Crippen molar-refractivity contribution in [2.75, 3.05) is 23.3 Å². The van der Waals surface area contributed by atoms with Gasteiger partial charge < -0.3 is 10.2 Å². The predicted octanol–water partition coefficient (Wildman–Crippen LogP) is 3.65. The molecular weight excluding hydrogens is 436 g/mol. The van der Waals surface area contributed by atoms with Gasteiger partial charge in [-0.2, -0.15) is 5.10 Å². The second-order valence-corrected chi connectivity index (χ2v) is 9.00. The summed E-state index contributed by atoms with van der Waals surface area (Å²) in [6.45, 7) is 5.39. The number of carbonyl (C=O) groups is 1. The summed E-state index contributed by atoms with van der Waals surface area (Å²) in [6, 6.07) is 9.69. The number of aromatic nitrogens is 6. The van der Waals surface area contributed by atoms with Gasteiger partial charge in [0.1, 0.15) is 0 Å². The highest BCUT2D eigenvalue weighted by molar-refractivity contribution is 7.14. The molecule has 10 heteroatoms. The molecule has 5 rings (SSSR count). The van der Waals surface area contributed by atoms with Crippen molar-refractivity contribution < 1.29 is 4.79 Å². The summed E-state index contributed by atoms with van der Waals surface area (Å²) in [7, 11) is 0. The number of hydrogen-bond donors (Lipinski definition) is 1. The zero-order valence-corrected chi connectivity index (χ0v) is 19.3. The van der Waals surface area contributed by atoms with E-state index in [1.165, 1.54) is 11.3 Å². The highest BCUT2D eigenvalue weighted by Gasteiger charge is 2.27. The molecule has 1 unspecified atom stereocenters. The maximum atomic E-state index is 12.9. The Morgan fingerprint density at radius 3 is 2.76 bits per heavy atom. The van der Waals surface area contributed by atoms with Crippen LogP contribution in [0.15, 0.2) is 48.1 Å². The molecule has 0 aliphatic carbocycles. The first kappa shape index (κ1) is 21.2. The smallest absolute Gasteiger partial charge is 0.231 e. The van der Waals surface area contributed by atoms with Gasteiger partial charge in [-0.05, 0) is 57.0 Å². The van der Waals surface area contributed by atoms with Crippen LogP contribution >= 0.6 is 11.3 Å². The predicted molar refractivity (Wildman–Crippen MR) is 128 cm³/mol. The van der Waals surface area contributed by atoms with Gasteiger partial charge in [0.15, 0.2) is 16.8 Å². The summed E-state index contributed by atoms with van der Waals surface area (Å²) in [6.07, 6.45) is 5.24. The quantitative estimate of drug-likeness (QED) is 0.485. The van der Waals surface area contributed by atoms with E-state index in [1.807, 2.05) is 49.6 Å². The number of thiazole rings is 1. The maximum Gasteiger partial charge on any atom is 0.231 e. The molecule has 0 aromatic carbocycles. The van der Waals surface area contributed by atoms with E-state index in [1.54, 1.807) is 17.1 Å². The van der Waals surface area contributed by atoms with Gasteiger partial charge in [-0.25, -0.2) is 9.67 Å². The lowest BCUT2D eigenvalue weighted by Crippen LogP contribution is -2.41. The van der Waals surface area contributed by atoms with Crippen molar-refractivity contribution in [1.29, 1.82) is 0 Å². The second-order valence-electron chi connectivity index (χ2n) is 8.14. The molecule has 0 saturated carbocycles. The highest BCUT2D eigenvalue weighted by atomic mass is 32.1. The molecule has 33 heavy (non-hydrogen) atoms. The third kappa shape index (κ3) is 4.61. The molecule has 1 aliphatic rings. The van der Waals surface area contributed by atoms with E-state index in [4.69, 9.17) is 0 Å². The molecule has 1 amide bonds. The van der Waals surface area contributed by atoms with E-state index in [0.29, 0.717) is 17.5 Å². The molecular formula is C23H24N8OS. The Labute approximate surface area is 195 Å². The maximum absolute atomic E-state index is 12.9. The van der Waals surface area contributed by atoms with E-state index < -0.39 is 0 Å². The fourth-order valence-corrected chi connectivity index (χ4v) is 4.77. The first-order valence-corrected chi connectivity index (χ1v) is 11.7. The Hall–Kier alpha value is -3.66. The van der Waals surface area contributed by atoms with Gasteiger partial charge >= 0.3 is 0 Å². The van der Waals surface area contributed by atoms with Gasteiger partial charge in [-0.15, -0.1) is 21.5 Å². The average Bonchev–Trinajstić information content (AvgIpc) is 3.45. The van der Waals surface area contributed by atoms with Gasteiger partial charge in [0.2, 0.25) is 5.91 Å². The molecule has 5 heterocycles. The molecule has 1 N–H and O–H groups in total. The summed E-state index contributed by atoms with van der Waals surface area (Å²) in [4.78, 5) is 23.7. The normalized spacial score (nSPS) is 16.1. The SMILES string of the molecule is Cc1cc(C)n(-c2ccc(N3CCCC(C(=O)Nc4nc(-c5cccnc5)cs4)C3)nn2)n1. The largest absolute Gasteiger partial charge is 0.354 e. The van der Waals surface area contributed by atoms with Gasteiger partial charge in [0, 0.05) is 42.1 Å². The minimum atomic E-state index is -0.137. The van der Waals surface area contributed by atoms with E-state index in [0.717, 1.165) is 47.8 Å². The van der Waals surface area contributed by atoms with Gasteiger partial charge in [0.25, 0.3) is 0 Å². The first-order valence-electron chi connectivity index (χ1n) is 10.9. The van der Waals surface area contributed by atoms with Crippen LogP contribution in [0.25, 0.3) is 17.1 Å². The van der Waals surface area contributed by atoms with Crippen LogP contribution in [0.1, 0.15) is 24.2 Å². The van der Waals surface area contributed by atoms with Crippen LogP contribution in [0.4, 0.5) is 10.9 Å². The van der Waals surface area contributed by atoms with Crippen molar-refractivity contribution in [2.24, 2.45) is 5.92 Å². The number of pyridine rings is 1. The molecule has 168 valence electrons. The molecule has 1 fully saturated rings. The number of anilines is 2. The summed E-state index contributed by atoms with van der Waals surface area (Å²) in [5, 5.41) is 18.8. The van der Waals surface area contributed by atoms with Gasteiger partial charge in [-0.3, -0.25) is 9.78 Å². The molecule has 0 radical (unpaired) electrons. The number of aryl methyl sites for hydroxylation is 2. The third-order valence-electron chi connectivity index (χ3n) is 5.67. The Kier molecular flexibility index (Phi) is 5.82. The first-order chi connectivity index (χ1) is 16.1. The minimum absolute atomic E-state index is 0.0148. The molecule has 1 atom stereocenters.